The van der Waals surface area contributed by atoms with Gasteiger partial charge in [-0.3, -0.25) is 4.79 Å². The minimum Gasteiger partial charge on any atom is -0.333 e. The Balaban J connectivity index is 1.41. The van der Waals surface area contributed by atoms with E-state index in [1.165, 1.54) is 75.7 Å². The molecule has 3 fully saturated rings. The zero-order chi connectivity index (χ0) is 18.7. The third-order valence-corrected chi connectivity index (χ3v) is 7.39. The van der Waals surface area contributed by atoms with Gasteiger partial charge < -0.3 is 9.80 Å². The molecule has 148 valence electrons. The minimum atomic E-state index is 0.114. The van der Waals surface area contributed by atoms with E-state index in [1.54, 1.807) is 0 Å². The molecule has 0 unspecified atom stereocenters. The zero-order valence-corrected chi connectivity index (χ0v) is 17.1. The van der Waals surface area contributed by atoms with E-state index < -0.39 is 0 Å². The van der Waals surface area contributed by atoms with E-state index in [0.717, 1.165) is 31.7 Å². The van der Waals surface area contributed by atoms with Gasteiger partial charge in [0.2, 0.25) is 5.91 Å². The lowest BCUT2D eigenvalue weighted by Crippen LogP contribution is -2.46. The highest BCUT2D eigenvalue weighted by atomic mass is 16.2. The van der Waals surface area contributed by atoms with Crippen LogP contribution in [0.3, 0.4) is 0 Å². The Labute approximate surface area is 165 Å². The third-order valence-electron chi connectivity index (χ3n) is 7.39. The summed E-state index contributed by atoms with van der Waals surface area (Å²) in [5.41, 5.74) is 2.68. The largest absolute Gasteiger partial charge is 0.333 e. The molecule has 4 rings (SSSR count). The van der Waals surface area contributed by atoms with E-state index in [4.69, 9.17) is 0 Å². The minimum absolute atomic E-state index is 0.114. The second-order valence-electron chi connectivity index (χ2n) is 9.35. The van der Waals surface area contributed by atoms with Crippen LogP contribution in [-0.2, 0) is 11.3 Å². The molecule has 3 heteroatoms. The van der Waals surface area contributed by atoms with Crippen LogP contribution in [0.4, 0.5) is 0 Å². The molecule has 27 heavy (non-hydrogen) atoms. The van der Waals surface area contributed by atoms with Crippen molar-refractivity contribution < 1.29 is 4.79 Å². The summed E-state index contributed by atoms with van der Waals surface area (Å²) < 4.78 is 0. The van der Waals surface area contributed by atoms with Gasteiger partial charge in [-0.2, -0.15) is 0 Å². The second kappa shape index (κ2) is 8.34. The van der Waals surface area contributed by atoms with Crippen molar-refractivity contribution in [2.45, 2.75) is 83.2 Å². The monoisotopic (exact) mass is 368 g/mol. The van der Waals surface area contributed by atoms with Crippen molar-refractivity contribution in [1.82, 2.24) is 9.80 Å². The molecule has 0 bridgehead atoms. The first-order valence-electron chi connectivity index (χ1n) is 11.2. The number of likely N-dealkylation sites (tertiary alicyclic amines) is 2. The van der Waals surface area contributed by atoms with Crippen LogP contribution in [0.1, 0.15) is 75.3 Å². The molecule has 0 radical (unpaired) electrons. The molecule has 1 aromatic rings. The summed E-state index contributed by atoms with van der Waals surface area (Å²) >= 11 is 0. The van der Waals surface area contributed by atoms with E-state index in [2.05, 4.69) is 41.0 Å². The van der Waals surface area contributed by atoms with Gasteiger partial charge >= 0.3 is 0 Å². The average molecular weight is 369 g/mol. The summed E-state index contributed by atoms with van der Waals surface area (Å²) in [7, 11) is 0. The number of carbonyl (C=O) groups excluding carboxylic acids is 1. The van der Waals surface area contributed by atoms with E-state index in [-0.39, 0.29) is 5.54 Å². The highest BCUT2D eigenvalue weighted by Crippen LogP contribution is 2.40. The van der Waals surface area contributed by atoms with Crippen LogP contribution in [0, 0.1) is 12.8 Å². The molecule has 1 amide bonds. The van der Waals surface area contributed by atoms with E-state index >= 15 is 0 Å². The number of carbonyl (C=O) groups is 1. The summed E-state index contributed by atoms with van der Waals surface area (Å²) in [6.45, 7) is 6.61. The maximum absolute atomic E-state index is 12.7. The van der Waals surface area contributed by atoms with Gasteiger partial charge in [0.1, 0.15) is 0 Å². The molecular weight excluding hydrogens is 332 g/mol. The molecule has 3 nitrogen and oxygen atoms in total. The number of rotatable bonds is 4. The van der Waals surface area contributed by atoms with Gasteiger partial charge in [0, 0.05) is 31.6 Å². The Hall–Kier alpha value is -1.35. The Morgan fingerprint density at radius 2 is 1.74 bits per heavy atom. The SMILES string of the molecule is Cc1ccc(CN2C(=O)CC[C@@]23CCCN(CC2CCCCC2)CC3)cc1. The molecule has 3 aliphatic rings. The standard InChI is InChI=1S/C24H36N2O/c1-20-8-10-22(11-9-20)19-26-23(27)12-14-24(26)13-5-16-25(17-15-24)18-21-6-3-2-4-7-21/h8-11,21H,2-7,12-19H2,1H3/t24-/m1/s1. The van der Waals surface area contributed by atoms with Crippen molar-refractivity contribution in [1.29, 1.82) is 0 Å². The number of hydrogen-bond acceptors (Lipinski definition) is 2. The van der Waals surface area contributed by atoms with Gasteiger partial charge in [-0.1, -0.05) is 49.1 Å². The number of hydrogen-bond donors (Lipinski definition) is 0. The van der Waals surface area contributed by atoms with E-state index in [9.17, 15) is 4.79 Å². The maximum Gasteiger partial charge on any atom is 0.223 e. The Morgan fingerprint density at radius 1 is 0.963 bits per heavy atom. The predicted octanol–water partition coefficient (Wildman–Crippen LogP) is 4.92. The van der Waals surface area contributed by atoms with Crippen molar-refractivity contribution >= 4 is 5.91 Å². The van der Waals surface area contributed by atoms with Crippen molar-refractivity contribution in [2.75, 3.05) is 19.6 Å². The first-order valence-corrected chi connectivity index (χ1v) is 11.2. The summed E-state index contributed by atoms with van der Waals surface area (Å²) in [5, 5.41) is 0. The fourth-order valence-corrected chi connectivity index (χ4v) is 5.68. The molecule has 2 saturated heterocycles. The average Bonchev–Trinajstić information content (AvgIpc) is 2.85. The summed E-state index contributed by atoms with van der Waals surface area (Å²) in [6.07, 6.45) is 12.6. The zero-order valence-electron chi connectivity index (χ0n) is 17.1. The topological polar surface area (TPSA) is 23.6 Å². The first kappa shape index (κ1) is 19.0. The highest BCUT2D eigenvalue weighted by molar-refractivity contribution is 5.79. The second-order valence-corrected chi connectivity index (χ2v) is 9.35. The predicted molar refractivity (Wildman–Crippen MR) is 111 cm³/mol. The van der Waals surface area contributed by atoms with Crippen LogP contribution in [0.5, 0.6) is 0 Å². The number of aryl methyl sites for hydroxylation is 1. The van der Waals surface area contributed by atoms with E-state index in [0.29, 0.717) is 5.91 Å². The lowest BCUT2D eigenvalue weighted by Gasteiger charge is -2.38. The van der Waals surface area contributed by atoms with Crippen LogP contribution in [-0.4, -0.2) is 40.9 Å². The van der Waals surface area contributed by atoms with Crippen LogP contribution in [0.15, 0.2) is 24.3 Å². The molecular formula is C24H36N2O. The van der Waals surface area contributed by atoms with Crippen molar-refractivity contribution in [3.63, 3.8) is 0 Å². The van der Waals surface area contributed by atoms with Gasteiger partial charge in [-0.05, 0) is 63.5 Å². The summed E-state index contributed by atoms with van der Waals surface area (Å²) in [6, 6.07) is 8.73. The molecule has 1 aromatic carbocycles. The lowest BCUT2D eigenvalue weighted by molar-refractivity contribution is -0.132. The molecule has 1 saturated carbocycles. The van der Waals surface area contributed by atoms with Crippen molar-refractivity contribution in [2.24, 2.45) is 5.92 Å². The Morgan fingerprint density at radius 3 is 2.52 bits per heavy atom. The molecule has 1 aliphatic carbocycles. The van der Waals surface area contributed by atoms with Crippen LogP contribution in [0.2, 0.25) is 0 Å². The van der Waals surface area contributed by atoms with Crippen LogP contribution in [0.25, 0.3) is 0 Å². The van der Waals surface area contributed by atoms with Gasteiger partial charge in [0.05, 0.1) is 0 Å². The molecule has 0 aromatic heterocycles. The lowest BCUT2D eigenvalue weighted by atomic mass is 9.87. The van der Waals surface area contributed by atoms with Gasteiger partial charge in [-0.15, -0.1) is 0 Å². The number of nitrogens with zero attached hydrogens (tertiary/aromatic N) is 2. The number of benzene rings is 1. The van der Waals surface area contributed by atoms with Gasteiger partial charge in [0.25, 0.3) is 0 Å². The van der Waals surface area contributed by atoms with Crippen LogP contribution >= 0.6 is 0 Å². The Kier molecular flexibility index (Phi) is 5.87. The summed E-state index contributed by atoms with van der Waals surface area (Å²) in [5.74, 6) is 1.29. The van der Waals surface area contributed by atoms with Crippen LogP contribution < -0.4 is 0 Å². The van der Waals surface area contributed by atoms with Gasteiger partial charge in [0.15, 0.2) is 0 Å². The third kappa shape index (κ3) is 4.39. The normalized spacial score (nSPS) is 28.0. The number of amides is 1. The molecule has 0 N–H and O–H groups in total. The van der Waals surface area contributed by atoms with Crippen molar-refractivity contribution in [3.8, 4) is 0 Å². The first-order chi connectivity index (χ1) is 13.1. The van der Waals surface area contributed by atoms with E-state index in [1.807, 2.05) is 0 Å². The van der Waals surface area contributed by atoms with Gasteiger partial charge in [-0.25, -0.2) is 0 Å². The van der Waals surface area contributed by atoms with Crippen molar-refractivity contribution in [3.05, 3.63) is 35.4 Å². The quantitative estimate of drug-likeness (QED) is 0.753. The molecule has 2 aliphatic heterocycles. The molecule has 2 heterocycles. The fraction of sp³-hybridized carbons (Fsp3) is 0.708. The summed E-state index contributed by atoms with van der Waals surface area (Å²) in [4.78, 5) is 17.7. The molecule has 1 spiro atoms. The molecule has 1 atom stereocenters. The Bertz CT molecular complexity index is 634. The fourth-order valence-electron chi connectivity index (χ4n) is 5.68. The maximum atomic E-state index is 12.7. The highest BCUT2D eigenvalue weighted by Gasteiger charge is 2.45. The smallest absolute Gasteiger partial charge is 0.223 e.